The first-order valence-corrected chi connectivity index (χ1v) is 9.74. The van der Waals surface area contributed by atoms with Gasteiger partial charge in [-0.05, 0) is 42.0 Å². The predicted molar refractivity (Wildman–Crippen MR) is 110 cm³/mol. The molecule has 1 aliphatic heterocycles. The Morgan fingerprint density at radius 2 is 2.03 bits per heavy atom. The van der Waals surface area contributed by atoms with Crippen LogP contribution in [0.3, 0.4) is 0 Å². The lowest BCUT2D eigenvalue weighted by molar-refractivity contribution is 0.221. The number of rotatable bonds is 3. The molecule has 1 aromatic heterocycles. The van der Waals surface area contributed by atoms with Gasteiger partial charge in [-0.15, -0.1) is 0 Å². The molecule has 1 saturated carbocycles. The molecule has 2 aromatic carbocycles. The van der Waals surface area contributed by atoms with Crippen LogP contribution in [0, 0.1) is 18.3 Å². The Hall–Kier alpha value is -3.59. The Bertz CT molecular complexity index is 1210. The first-order chi connectivity index (χ1) is 14.1. The summed E-state index contributed by atoms with van der Waals surface area (Å²) in [6.07, 6.45) is 4.14. The molecule has 0 atom stereocenters. The first-order valence-electron chi connectivity index (χ1n) is 9.74. The van der Waals surface area contributed by atoms with E-state index >= 15 is 0 Å². The molecule has 2 N–H and O–H groups in total. The molecule has 0 saturated heterocycles. The van der Waals surface area contributed by atoms with Crippen molar-refractivity contribution in [2.75, 3.05) is 13.1 Å². The summed E-state index contributed by atoms with van der Waals surface area (Å²) in [5.74, 6) is 1.04. The summed E-state index contributed by atoms with van der Waals surface area (Å²) in [4.78, 5) is 18.0. The van der Waals surface area contributed by atoms with E-state index in [1.54, 1.807) is 4.90 Å². The third kappa shape index (κ3) is 2.78. The number of aromatic nitrogens is 1. The fraction of sp³-hybridized carbons (Fsp3) is 0.261. The SMILES string of the molecule is Cc1c(-c2ccccc2)c(C2=CCN(C(N)=O)C2)c2oc(C3CC3)nc2c1C#N. The molecular formula is C23H20N4O2. The molecule has 0 spiro atoms. The van der Waals surface area contributed by atoms with Gasteiger partial charge in [0.15, 0.2) is 11.5 Å². The maximum Gasteiger partial charge on any atom is 0.315 e. The van der Waals surface area contributed by atoms with Gasteiger partial charge in [0.25, 0.3) is 0 Å². The van der Waals surface area contributed by atoms with Crippen molar-refractivity contribution in [3.05, 3.63) is 59.0 Å². The van der Waals surface area contributed by atoms with E-state index < -0.39 is 6.03 Å². The normalized spacial score (nSPS) is 16.1. The zero-order valence-electron chi connectivity index (χ0n) is 16.1. The van der Waals surface area contributed by atoms with E-state index in [-0.39, 0.29) is 0 Å². The van der Waals surface area contributed by atoms with Crippen LogP contribution in [0.25, 0.3) is 27.8 Å². The van der Waals surface area contributed by atoms with E-state index in [2.05, 4.69) is 6.07 Å². The van der Waals surface area contributed by atoms with Crippen LogP contribution in [0.15, 0.2) is 40.8 Å². The van der Waals surface area contributed by atoms with Crippen LogP contribution in [0.2, 0.25) is 0 Å². The maximum absolute atomic E-state index is 11.7. The minimum Gasteiger partial charge on any atom is -0.440 e. The standard InChI is InChI=1S/C23H20N4O2/c1-13-17(11-24)20-21(29-22(26-20)15-7-8-15)19(16-9-10-27(12-16)23(25)28)18(13)14-5-3-2-4-6-14/h2-6,9,15H,7-8,10,12H2,1H3,(H2,25,28). The molecule has 2 amide bonds. The number of oxazole rings is 1. The highest BCUT2D eigenvalue weighted by atomic mass is 16.3. The minimum atomic E-state index is -0.449. The molecule has 0 bridgehead atoms. The third-order valence-corrected chi connectivity index (χ3v) is 5.76. The van der Waals surface area contributed by atoms with Crippen LogP contribution < -0.4 is 5.73 Å². The van der Waals surface area contributed by atoms with Gasteiger partial charge in [-0.3, -0.25) is 0 Å². The molecule has 144 valence electrons. The Morgan fingerprint density at radius 3 is 2.66 bits per heavy atom. The number of hydrogen-bond acceptors (Lipinski definition) is 4. The number of primary amides is 1. The monoisotopic (exact) mass is 384 g/mol. The topological polar surface area (TPSA) is 96.2 Å². The largest absolute Gasteiger partial charge is 0.440 e. The summed E-state index contributed by atoms with van der Waals surface area (Å²) < 4.78 is 6.25. The summed E-state index contributed by atoms with van der Waals surface area (Å²) >= 11 is 0. The van der Waals surface area contributed by atoms with Gasteiger partial charge in [0, 0.05) is 24.6 Å². The maximum atomic E-state index is 11.7. The van der Waals surface area contributed by atoms with E-state index in [9.17, 15) is 10.1 Å². The number of hydrogen-bond donors (Lipinski definition) is 1. The summed E-state index contributed by atoms with van der Waals surface area (Å²) in [5, 5.41) is 9.91. The van der Waals surface area contributed by atoms with Crippen LogP contribution >= 0.6 is 0 Å². The lowest BCUT2D eigenvalue weighted by Gasteiger charge is -2.18. The van der Waals surface area contributed by atoms with Crippen molar-refractivity contribution in [3.63, 3.8) is 0 Å². The number of urea groups is 1. The second-order valence-electron chi connectivity index (χ2n) is 7.68. The zero-order valence-corrected chi connectivity index (χ0v) is 16.1. The minimum absolute atomic E-state index is 0.335. The fourth-order valence-electron chi connectivity index (χ4n) is 4.10. The van der Waals surface area contributed by atoms with Crippen LogP contribution in [-0.4, -0.2) is 29.0 Å². The van der Waals surface area contributed by atoms with E-state index in [1.807, 2.05) is 43.3 Å². The number of nitrogens with two attached hydrogens (primary N) is 1. The van der Waals surface area contributed by atoms with E-state index in [1.165, 1.54) is 0 Å². The summed E-state index contributed by atoms with van der Waals surface area (Å²) in [6, 6.07) is 11.9. The van der Waals surface area contributed by atoms with Crippen molar-refractivity contribution < 1.29 is 9.21 Å². The number of carbonyl (C=O) groups excluding carboxylic acids is 1. The molecular weight excluding hydrogens is 364 g/mol. The Morgan fingerprint density at radius 1 is 1.28 bits per heavy atom. The molecule has 0 radical (unpaired) electrons. The number of carbonyl (C=O) groups is 1. The van der Waals surface area contributed by atoms with Gasteiger partial charge < -0.3 is 15.1 Å². The molecule has 29 heavy (non-hydrogen) atoms. The highest BCUT2D eigenvalue weighted by Crippen LogP contribution is 2.45. The highest BCUT2D eigenvalue weighted by Gasteiger charge is 2.33. The number of fused-ring (bicyclic) bond motifs is 1. The quantitative estimate of drug-likeness (QED) is 0.727. The van der Waals surface area contributed by atoms with Crippen molar-refractivity contribution in [1.82, 2.24) is 9.88 Å². The van der Waals surface area contributed by atoms with E-state index in [4.69, 9.17) is 15.1 Å². The zero-order chi connectivity index (χ0) is 20.1. The lowest BCUT2D eigenvalue weighted by Crippen LogP contribution is -2.33. The number of benzene rings is 2. The molecule has 2 aliphatic rings. The Balaban J connectivity index is 1.83. The molecule has 3 aromatic rings. The number of nitriles is 1. The smallest absolute Gasteiger partial charge is 0.315 e. The van der Waals surface area contributed by atoms with Gasteiger partial charge in [0.05, 0.1) is 5.56 Å². The molecule has 1 fully saturated rings. The van der Waals surface area contributed by atoms with E-state index in [0.29, 0.717) is 41.6 Å². The van der Waals surface area contributed by atoms with Crippen molar-refractivity contribution >= 4 is 22.7 Å². The lowest BCUT2D eigenvalue weighted by atomic mass is 9.87. The summed E-state index contributed by atoms with van der Waals surface area (Å²) in [5.41, 5.74) is 12.0. The molecule has 0 unspecified atom stereocenters. The number of nitrogens with zero attached hydrogens (tertiary/aromatic N) is 3. The average Bonchev–Trinajstić information content (AvgIpc) is 3.29. The van der Waals surface area contributed by atoms with Crippen LogP contribution in [0.4, 0.5) is 4.79 Å². The van der Waals surface area contributed by atoms with Crippen LogP contribution in [0.1, 0.15) is 41.3 Å². The second-order valence-corrected chi connectivity index (χ2v) is 7.68. The van der Waals surface area contributed by atoms with Gasteiger partial charge >= 0.3 is 6.03 Å². The number of amides is 2. The summed E-state index contributed by atoms with van der Waals surface area (Å²) in [6.45, 7) is 2.83. The Kier molecular flexibility index (Phi) is 3.92. The van der Waals surface area contributed by atoms with Gasteiger partial charge in [0.1, 0.15) is 11.6 Å². The van der Waals surface area contributed by atoms with Crippen LogP contribution in [0.5, 0.6) is 0 Å². The highest BCUT2D eigenvalue weighted by molar-refractivity contribution is 6.02. The molecule has 6 heteroatoms. The average molecular weight is 384 g/mol. The fourth-order valence-corrected chi connectivity index (χ4v) is 4.10. The molecule has 6 nitrogen and oxygen atoms in total. The van der Waals surface area contributed by atoms with Crippen molar-refractivity contribution in [1.29, 1.82) is 5.26 Å². The molecule has 5 rings (SSSR count). The second kappa shape index (κ2) is 6.49. The molecule has 2 heterocycles. The predicted octanol–water partition coefficient (Wildman–Crippen LogP) is 4.33. The van der Waals surface area contributed by atoms with Gasteiger partial charge in [0.2, 0.25) is 0 Å². The first kappa shape index (κ1) is 17.5. The van der Waals surface area contributed by atoms with Crippen LogP contribution in [-0.2, 0) is 0 Å². The van der Waals surface area contributed by atoms with Crippen molar-refractivity contribution in [3.8, 4) is 17.2 Å². The molecule has 1 aliphatic carbocycles. The Labute approximate surface area is 168 Å². The van der Waals surface area contributed by atoms with Gasteiger partial charge in [-0.2, -0.15) is 5.26 Å². The third-order valence-electron chi connectivity index (χ3n) is 5.76. The van der Waals surface area contributed by atoms with Gasteiger partial charge in [-0.25, -0.2) is 9.78 Å². The van der Waals surface area contributed by atoms with Crippen molar-refractivity contribution in [2.24, 2.45) is 5.73 Å². The van der Waals surface area contributed by atoms with Gasteiger partial charge in [-0.1, -0.05) is 36.4 Å². The summed E-state index contributed by atoms with van der Waals surface area (Å²) in [7, 11) is 0. The van der Waals surface area contributed by atoms with Crippen molar-refractivity contribution in [2.45, 2.75) is 25.7 Å². The van der Waals surface area contributed by atoms with E-state index in [0.717, 1.165) is 40.7 Å².